The number of aryl methyl sites for hydroxylation is 1. The Hall–Kier alpha value is -2.02. The highest BCUT2D eigenvalue weighted by Gasteiger charge is 2.03. The summed E-state index contributed by atoms with van der Waals surface area (Å²) in [5, 5.41) is 8.33. The fraction of sp³-hybridized carbons (Fsp3) is 0.200. The van der Waals surface area contributed by atoms with Crippen molar-refractivity contribution >= 4 is 11.1 Å². The SMILES string of the molecule is Cc1nc2ccc(OCC#N)cc2o1. The van der Waals surface area contributed by atoms with Crippen LogP contribution in [0.25, 0.3) is 11.1 Å². The Bertz CT molecular complexity index is 496. The van der Waals surface area contributed by atoms with Gasteiger partial charge in [0.05, 0.1) is 0 Å². The molecule has 1 heterocycles. The lowest BCUT2D eigenvalue weighted by Gasteiger charge is -1.98. The molecular formula is C10H8N2O2. The zero-order valence-electron chi connectivity index (χ0n) is 7.65. The number of rotatable bonds is 2. The molecule has 1 aromatic carbocycles. The third-order valence-electron chi connectivity index (χ3n) is 1.77. The van der Waals surface area contributed by atoms with Gasteiger partial charge in [0.1, 0.15) is 17.3 Å². The molecule has 2 rings (SSSR count). The average molecular weight is 188 g/mol. The van der Waals surface area contributed by atoms with Crippen molar-refractivity contribution in [3.63, 3.8) is 0 Å². The predicted octanol–water partition coefficient (Wildman–Crippen LogP) is 2.04. The number of benzene rings is 1. The molecule has 0 fully saturated rings. The van der Waals surface area contributed by atoms with E-state index >= 15 is 0 Å². The molecule has 2 aromatic rings. The maximum absolute atomic E-state index is 8.33. The first kappa shape index (κ1) is 8.57. The largest absolute Gasteiger partial charge is 0.479 e. The van der Waals surface area contributed by atoms with E-state index in [1.165, 1.54) is 0 Å². The van der Waals surface area contributed by atoms with Crippen LogP contribution in [0.3, 0.4) is 0 Å². The summed E-state index contributed by atoms with van der Waals surface area (Å²) in [4.78, 5) is 4.15. The molecule has 0 unspecified atom stereocenters. The quantitative estimate of drug-likeness (QED) is 0.723. The van der Waals surface area contributed by atoms with Crippen LogP contribution >= 0.6 is 0 Å². The van der Waals surface area contributed by atoms with Crippen LogP contribution in [0.1, 0.15) is 5.89 Å². The van der Waals surface area contributed by atoms with Crippen molar-refractivity contribution < 1.29 is 9.15 Å². The second-order valence-electron chi connectivity index (χ2n) is 2.81. The third kappa shape index (κ3) is 1.52. The van der Waals surface area contributed by atoms with Crippen molar-refractivity contribution in [3.05, 3.63) is 24.1 Å². The van der Waals surface area contributed by atoms with Gasteiger partial charge in [-0.15, -0.1) is 0 Å². The molecule has 14 heavy (non-hydrogen) atoms. The fourth-order valence-corrected chi connectivity index (χ4v) is 1.23. The van der Waals surface area contributed by atoms with Crippen molar-refractivity contribution in [2.24, 2.45) is 0 Å². The van der Waals surface area contributed by atoms with Crippen LogP contribution in [-0.4, -0.2) is 11.6 Å². The Morgan fingerprint density at radius 3 is 3.21 bits per heavy atom. The second-order valence-corrected chi connectivity index (χ2v) is 2.81. The highest BCUT2D eigenvalue weighted by atomic mass is 16.5. The van der Waals surface area contributed by atoms with Crippen molar-refractivity contribution in [2.75, 3.05) is 6.61 Å². The molecule has 4 nitrogen and oxygen atoms in total. The Balaban J connectivity index is 2.36. The van der Waals surface area contributed by atoms with E-state index in [2.05, 4.69) is 4.98 Å². The number of nitriles is 1. The molecule has 0 saturated heterocycles. The van der Waals surface area contributed by atoms with Crippen LogP contribution in [0.5, 0.6) is 5.75 Å². The van der Waals surface area contributed by atoms with Gasteiger partial charge < -0.3 is 9.15 Å². The smallest absolute Gasteiger partial charge is 0.192 e. The molecule has 0 aliphatic heterocycles. The summed E-state index contributed by atoms with van der Waals surface area (Å²) in [6.07, 6.45) is 0. The van der Waals surface area contributed by atoms with Gasteiger partial charge in [-0.1, -0.05) is 0 Å². The minimum atomic E-state index is 0.0403. The van der Waals surface area contributed by atoms with E-state index in [0.717, 1.165) is 5.52 Å². The summed E-state index contributed by atoms with van der Waals surface area (Å²) < 4.78 is 10.4. The molecule has 0 amide bonds. The van der Waals surface area contributed by atoms with Gasteiger partial charge in [-0.3, -0.25) is 0 Å². The molecule has 70 valence electrons. The summed E-state index contributed by atoms with van der Waals surface area (Å²) in [5.74, 6) is 1.24. The van der Waals surface area contributed by atoms with Gasteiger partial charge in [0.15, 0.2) is 18.1 Å². The van der Waals surface area contributed by atoms with Gasteiger partial charge in [0, 0.05) is 13.0 Å². The average Bonchev–Trinajstić information content (AvgIpc) is 2.54. The zero-order valence-corrected chi connectivity index (χ0v) is 7.65. The zero-order chi connectivity index (χ0) is 9.97. The number of hydrogen-bond donors (Lipinski definition) is 0. The highest BCUT2D eigenvalue weighted by molar-refractivity contribution is 5.74. The van der Waals surface area contributed by atoms with E-state index in [1.807, 2.05) is 6.07 Å². The Labute approximate surface area is 80.7 Å². The highest BCUT2D eigenvalue weighted by Crippen LogP contribution is 2.21. The predicted molar refractivity (Wildman–Crippen MR) is 49.9 cm³/mol. The van der Waals surface area contributed by atoms with Crippen molar-refractivity contribution in [2.45, 2.75) is 6.92 Å². The molecule has 0 N–H and O–H groups in total. The standard InChI is InChI=1S/C10H8N2O2/c1-7-12-9-3-2-8(13-5-4-11)6-10(9)14-7/h2-3,6H,5H2,1H3. The van der Waals surface area contributed by atoms with E-state index in [9.17, 15) is 0 Å². The normalized spacial score (nSPS) is 10.0. The topological polar surface area (TPSA) is 59.0 Å². The molecule has 0 atom stereocenters. The van der Waals surface area contributed by atoms with E-state index in [1.54, 1.807) is 25.1 Å². The molecule has 0 aliphatic carbocycles. The number of fused-ring (bicyclic) bond motifs is 1. The molecule has 0 saturated carbocycles. The minimum Gasteiger partial charge on any atom is -0.479 e. The summed E-state index contributed by atoms with van der Waals surface area (Å²) >= 11 is 0. The molecule has 0 aliphatic rings. The van der Waals surface area contributed by atoms with E-state index < -0.39 is 0 Å². The number of hydrogen-bond acceptors (Lipinski definition) is 4. The van der Waals surface area contributed by atoms with Crippen molar-refractivity contribution in [1.82, 2.24) is 4.98 Å². The monoisotopic (exact) mass is 188 g/mol. The molecule has 0 radical (unpaired) electrons. The molecule has 1 aromatic heterocycles. The van der Waals surface area contributed by atoms with E-state index in [0.29, 0.717) is 17.2 Å². The molecule has 4 heteroatoms. The lowest BCUT2D eigenvalue weighted by Crippen LogP contribution is -1.92. The van der Waals surface area contributed by atoms with Gasteiger partial charge in [-0.25, -0.2) is 4.98 Å². The summed E-state index contributed by atoms with van der Waals surface area (Å²) in [6.45, 7) is 1.83. The van der Waals surface area contributed by atoms with Crippen LogP contribution in [0.15, 0.2) is 22.6 Å². The summed E-state index contributed by atoms with van der Waals surface area (Å²) in [6, 6.07) is 7.20. The first-order valence-electron chi connectivity index (χ1n) is 4.16. The third-order valence-corrected chi connectivity index (χ3v) is 1.77. The first-order chi connectivity index (χ1) is 6.79. The van der Waals surface area contributed by atoms with E-state index in [-0.39, 0.29) is 6.61 Å². The van der Waals surface area contributed by atoms with Gasteiger partial charge in [-0.05, 0) is 12.1 Å². The van der Waals surface area contributed by atoms with Gasteiger partial charge in [-0.2, -0.15) is 5.26 Å². The van der Waals surface area contributed by atoms with Crippen LogP contribution in [0.4, 0.5) is 0 Å². The van der Waals surface area contributed by atoms with Gasteiger partial charge in [0.2, 0.25) is 0 Å². The van der Waals surface area contributed by atoms with Gasteiger partial charge in [0.25, 0.3) is 0 Å². The van der Waals surface area contributed by atoms with Crippen LogP contribution in [0, 0.1) is 18.3 Å². The number of ether oxygens (including phenoxy) is 1. The number of oxazole rings is 1. The van der Waals surface area contributed by atoms with Crippen molar-refractivity contribution in [3.8, 4) is 11.8 Å². The number of aromatic nitrogens is 1. The second kappa shape index (κ2) is 3.38. The maximum atomic E-state index is 8.33. The van der Waals surface area contributed by atoms with Crippen molar-refractivity contribution in [1.29, 1.82) is 5.26 Å². The Morgan fingerprint density at radius 2 is 2.43 bits per heavy atom. The van der Waals surface area contributed by atoms with Crippen LogP contribution in [-0.2, 0) is 0 Å². The van der Waals surface area contributed by atoms with E-state index in [4.69, 9.17) is 14.4 Å². The first-order valence-corrected chi connectivity index (χ1v) is 4.16. The lowest BCUT2D eigenvalue weighted by atomic mass is 10.3. The Morgan fingerprint density at radius 1 is 1.57 bits per heavy atom. The fourth-order valence-electron chi connectivity index (χ4n) is 1.23. The minimum absolute atomic E-state index is 0.0403. The molecular weight excluding hydrogens is 180 g/mol. The molecule has 0 spiro atoms. The summed E-state index contributed by atoms with van der Waals surface area (Å²) in [7, 11) is 0. The Kier molecular flexibility index (Phi) is 2.07. The molecule has 0 bridgehead atoms. The summed E-state index contributed by atoms with van der Waals surface area (Å²) in [5.41, 5.74) is 1.48. The van der Waals surface area contributed by atoms with Gasteiger partial charge >= 0.3 is 0 Å². The van der Waals surface area contributed by atoms with Crippen LogP contribution < -0.4 is 4.74 Å². The maximum Gasteiger partial charge on any atom is 0.192 e. The van der Waals surface area contributed by atoms with Crippen LogP contribution in [0.2, 0.25) is 0 Å². The number of nitrogens with zero attached hydrogens (tertiary/aromatic N) is 2. The lowest BCUT2D eigenvalue weighted by molar-refractivity contribution is 0.368.